The molecular formula is C22H19ClF3N5O3. The number of carbonyl (C=O) groups excluding carboxylic acids is 1. The van der Waals surface area contributed by atoms with Crippen molar-refractivity contribution in [2.24, 2.45) is 0 Å². The molecule has 0 atom stereocenters. The highest BCUT2D eigenvalue weighted by Gasteiger charge is 2.33. The summed E-state index contributed by atoms with van der Waals surface area (Å²) in [5, 5.41) is 5.80. The minimum absolute atomic E-state index is 0.0923. The van der Waals surface area contributed by atoms with E-state index in [1.165, 1.54) is 15.2 Å². The van der Waals surface area contributed by atoms with Crippen LogP contribution in [0.15, 0.2) is 45.7 Å². The number of halogens is 4. The quantitative estimate of drug-likeness (QED) is 0.419. The van der Waals surface area contributed by atoms with Gasteiger partial charge in [-0.25, -0.2) is 4.79 Å². The second-order valence-corrected chi connectivity index (χ2v) is 8.32. The van der Waals surface area contributed by atoms with Gasteiger partial charge in [0, 0.05) is 24.2 Å². The first-order chi connectivity index (χ1) is 16.0. The van der Waals surface area contributed by atoms with Crippen molar-refractivity contribution in [1.82, 2.24) is 19.3 Å². The highest BCUT2D eigenvalue weighted by Crippen LogP contribution is 2.36. The van der Waals surface area contributed by atoms with Crippen LogP contribution in [-0.4, -0.2) is 25.2 Å². The summed E-state index contributed by atoms with van der Waals surface area (Å²) in [6, 6.07) is 7.97. The highest BCUT2D eigenvalue weighted by atomic mass is 35.5. The smallest absolute Gasteiger partial charge is 0.339 e. The van der Waals surface area contributed by atoms with E-state index in [2.05, 4.69) is 15.5 Å². The van der Waals surface area contributed by atoms with Gasteiger partial charge in [-0.05, 0) is 50.2 Å². The van der Waals surface area contributed by atoms with E-state index in [0.29, 0.717) is 28.3 Å². The van der Waals surface area contributed by atoms with Crippen molar-refractivity contribution in [2.45, 2.75) is 39.5 Å². The van der Waals surface area contributed by atoms with Crippen LogP contribution >= 0.6 is 11.6 Å². The average Bonchev–Trinajstić information content (AvgIpc) is 3.29. The fourth-order valence-electron chi connectivity index (χ4n) is 3.65. The number of alkyl halides is 3. The monoisotopic (exact) mass is 493 g/mol. The van der Waals surface area contributed by atoms with Crippen molar-refractivity contribution >= 4 is 34.2 Å². The van der Waals surface area contributed by atoms with Crippen LogP contribution in [0.2, 0.25) is 5.02 Å². The number of hydrogen-bond acceptors (Lipinski definition) is 5. The third-order valence-electron chi connectivity index (χ3n) is 5.12. The number of amides is 1. The Morgan fingerprint density at radius 2 is 1.91 bits per heavy atom. The van der Waals surface area contributed by atoms with E-state index in [9.17, 15) is 22.8 Å². The molecule has 2 heterocycles. The fraction of sp³-hybridized carbons (Fsp3) is 0.273. The van der Waals surface area contributed by atoms with Gasteiger partial charge in [-0.15, -0.1) is 0 Å². The third kappa shape index (κ3) is 4.43. The van der Waals surface area contributed by atoms with Gasteiger partial charge in [-0.3, -0.25) is 13.9 Å². The SMILES string of the molecule is Cc1nc(-c2ccc3c(c2)n(CC(=O)Nc2ccc(Cl)c(C(F)(F)F)c2)c(=O)n3C(C)C)no1. The van der Waals surface area contributed by atoms with Crippen molar-refractivity contribution in [3.8, 4) is 11.4 Å². The summed E-state index contributed by atoms with van der Waals surface area (Å²) in [5.41, 5.74) is 0.00930. The zero-order valence-electron chi connectivity index (χ0n) is 18.3. The minimum Gasteiger partial charge on any atom is -0.339 e. The largest absolute Gasteiger partial charge is 0.417 e. The normalized spacial score (nSPS) is 12.0. The average molecular weight is 494 g/mol. The molecule has 0 unspecified atom stereocenters. The van der Waals surface area contributed by atoms with Crippen molar-refractivity contribution in [1.29, 1.82) is 0 Å². The number of rotatable bonds is 5. The number of aromatic nitrogens is 4. The van der Waals surface area contributed by atoms with E-state index < -0.39 is 34.9 Å². The number of anilines is 1. The summed E-state index contributed by atoms with van der Waals surface area (Å²) in [6.07, 6.45) is -4.68. The van der Waals surface area contributed by atoms with E-state index >= 15 is 0 Å². The number of aryl methyl sites for hydroxylation is 1. The maximum absolute atomic E-state index is 13.1. The van der Waals surface area contributed by atoms with Crippen molar-refractivity contribution in [3.05, 3.63) is 63.4 Å². The lowest BCUT2D eigenvalue weighted by Gasteiger charge is -2.12. The standard InChI is InChI=1S/C22H19ClF3N5O3/c1-11(2)31-17-7-4-13(20-27-12(3)34-29-20)8-18(17)30(21(31)33)10-19(32)28-14-5-6-16(23)15(9-14)22(24,25)26/h4-9,11H,10H2,1-3H3,(H,28,32). The number of fused-ring (bicyclic) bond motifs is 1. The lowest BCUT2D eigenvalue weighted by Crippen LogP contribution is -2.30. The first-order valence-electron chi connectivity index (χ1n) is 10.2. The minimum atomic E-state index is -4.68. The van der Waals surface area contributed by atoms with Crippen molar-refractivity contribution in [2.75, 3.05) is 5.32 Å². The van der Waals surface area contributed by atoms with Crippen LogP contribution in [0.25, 0.3) is 22.4 Å². The molecule has 0 aliphatic carbocycles. The Morgan fingerprint density at radius 3 is 2.53 bits per heavy atom. The Kier molecular flexibility index (Phi) is 5.98. The Morgan fingerprint density at radius 1 is 1.18 bits per heavy atom. The molecule has 0 fully saturated rings. The fourth-order valence-corrected chi connectivity index (χ4v) is 3.88. The first-order valence-corrected chi connectivity index (χ1v) is 10.6. The Balaban J connectivity index is 1.71. The van der Waals surface area contributed by atoms with Crippen LogP contribution in [-0.2, 0) is 17.5 Å². The van der Waals surface area contributed by atoms with Gasteiger partial charge in [0.2, 0.25) is 17.6 Å². The number of benzene rings is 2. The Bertz CT molecular complexity index is 1450. The molecule has 2 aromatic heterocycles. The molecule has 2 aromatic carbocycles. The summed E-state index contributed by atoms with van der Waals surface area (Å²) in [6.45, 7) is 4.88. The molecule has 4 aromatic rings. The van der Waals surface area contributed by atoms with E-state index in [-0.39, 0.29) is 11.7 Å². The molecule has 178 valence electrons. The molecule has 0 aliphatic rings. The topological polar surface area (TPSA) is 95.0 Å². The van der Waals surface area contributed by atoms with Gasteiger partial charge in [0.05, 0.1) is 21.6 Å². The summed E-state index contributed by atoms with van der Waals surface area (Å²) in [7, 11) is 0. The van der Waals surface area contributed by atoms with E-state index in [1.807, 2.05) is 13.8 Å². The summed E-state index contributed by atoms with van der Waals surface area (Å²) in [4.78, 5) is 30.0. The number of imidazole rings is 1. The van der Waals surface area contributed by atoms with Crippen LogP contribution in [0.4, 0.5) is 18.9 Å². The van der Waals surface area contributed by atoms with E-state index in [0.717, 1.165) is 12.1 Å². The molecule has 8 nitrogen and oxygen atoms in total. The van der Waals surface area contributed by atoms with E-state index in [1.54, 1.807) is 25.1 Å². The van der Waals surface area contributed by atoms with Gasteiger partial charge in [0.1, 0.15) is 6.54 Å². The number of carbonyl (C=O) groups is 1. The summed E-state index contributed by atoms with van der Waals surface area (Å²) in [5.74, 6) is 0.00922. The first kappa shape index (κ1) is 23.6. The van der Waals surface area contributed by atoms with Crippen LogP contribution in [0, 0.1) is 6.92 Å². The molecule has 1 N–H and O–H groups in total. The Labute approximate surface area is 195 Å². The van der Waals surface area contributed by atoms with Gasteiger partial charge in [-0.2, -0.15) is 18.2 Å². The zero-order valence-corrected chi connectivity index (χ0v) is 19.0. The molecule has 4 rings (SSSR count). The predicted octanol–water partition coefficient (Wildman–Crippen LogP) is 5.05. The molecule has 0 aliphatic heterocycles. The lowest BCUT2D eigenvalue weighted by atomic mass is 10.2. The third-order valence-corrected chi connectivity index (χ3v) is 5.45. The molecule has 0 saturated heterocycles. The van der Waals surface area contributed by atoms with Crippen LogP contribution < -0.4 is 11.0 Å². The van der Waals surface area contributed by atoms with Gasteiger partial charge in [0.15, 0.2) is 0 Å². The molecule has 0 spiro atoms. The second-order valence-electron chi connectivity index (χ2n) is 7.91. The van der Waals surface area contributed by atoms with Gasteiger partial charge in [0.25, 0.3) is 0 Å². The maximum atomic E-state index is 13.1. The van der Waals surface area contributed by atoms with Crippen molar-refractivity contribution < 1.29 is 22.5 Å². The highest BCUT2D eigenvalue weighted by molar-refractivity contribution is 6.31. The molecule has 0 bridgehead atoms. The molecule has 34 heavy (non-hydrogen) atoms. The predicted molar refractivity (Wildman–Crippen MR) is 120 cm³/mol. The second kappa shape index (κ2) is 8.64. The number of nitrogens with one attached hydrogen (secondary N) is 1. The maximum Gasteiger partial charge on any atom is 0.417 e. The Hall–Kier alpha value is -3.60. The van der Waals surface area contributed by atoms with Crippen LogP contribution in [0.3, 0.4) is 0 Å². The van der Waals surface area contributed by atoms with Gasteiger partial charge in [-0.1, -0.05) is 16.8 Å². The molecule has 1 amide bonds. The summed E-state index contributed by atoms with van der Waals surface area (Å²) >= 11 is 5.63. The van der Waals surface area contributed by atoms with Gasteiger partial charge < -0.3 is 9.84 Å². The lowest BCUT2D eigenvalue weighted by molar-refractivity contribution is -0.137. The molecule has 0 saturated carbocycles. The summed E-state index contributed by atoms with van der Waals surface area (Å²) < 4.78 is 47.2. The number of hydrogen-bond donors (Lipinski definition) is 1. The van der Waals surface area contributed by atoms with Crippen LogP contribution in [0.1, 0.15) is 31.3 Å². The molecule has 12 heteroatoms. The number of nitrogens with zero attached hydrogens (tertiary/aromatic N) is 4. The van der Waals surface area contributed by atoms with Crippen LogP contribution in [0.5, 0.6) is 0 Å². The zero-order chi connectivity index (χ0) is 24.8. The van der Waals surface area contributed by atoms with E-state index in [4.69, 9.17) is 16.1 Å². The van der Waals surface area contributed by atoms with Crippen molar-refractivity contribution in [3.63, 3.8) is 0 Å². The molecular weight excluding hydrogens is 475 g/mol. The molecule has 0 radical (unpaired) electrons. The van der Waals surface area contributed by atoms with Gasteiger partial charge >= 0.3 is 11.9 Å².